The van der Waals surface area contributed by atoms with Crippen molar-refractivity contribution in [1.82, 2.24) is 14.8 Å². The molecule has 0 saturated carbocycles. The molecule has 178 valence electrons. The van der Waals surface area contributed by atoms with E-state index < -0.39 is 5.92 Å². The Morgan fingerprint density at radius 1 is 1.03 bits per heavy atom. The molecular weight excluding hydrogens is 458 g/mol. The fourth-order valence-corrected chi connectivity index (χ4v) is 5.00. The molecule has 0 bridgehead atoms. The van der Waals surface area contributed by atoms with Crippen molar-refractivity contribution >= 4 is 34.7 Å². The monoisotopic (exact) mass is 485 g/mol. The third kappa shape index (κ3) is 4.61. The highest BCUT2D eigenvalue weighted by Crippen LogP contribution is 2.29. The highest BCUT2D eigenvalue weighted by molar-refractivity contribution is 7.12. The second kappa shape index (κ2) is 9.11. The number of aryl methyl sites for hydroxylation is 4. The summed E-state index contributed by atoms with van der Waals surface area (Å²) in [6, 6.07) is 16.0. The minimum atomic E-state index is -0.438. The van der Waals surface area contributed by atoms with Crippen molar-refractivity contribution in [3.05, 3.63) is 76.3 Å². The van der Waals surface area contributed by atoms with Crippen LogP contribution >= 0.6 is 11.3 Å². The van der Waals surface area contributed by atoms with E-state index in [0.717, 1.165) is 28.2 Å². The van der Waals surface area contributed by atoms with Crippen LogP contribution in [-0.2, 0) is 9.59 Å². The van der Waals surface area contributed by atoms with Crippen LogP contribution in [-0.4, -0.2) is 33.1 Å². The van der Waals surface area contributed by atoms with E-state index in [9.17, 15) is 9.59 Å². The molecule has 4 aromatic rings. The van der Waals surface area contributed by atoms with Gasteiger partial charge in [-0.3, -0.25) is 9.59 Å². The second-order valence-electron chi connectivity index (χ2n) is 9.13. The molecule has 0 aliphatic carbocycles. The zero-order chi connectivity index (χ0) is 24.7. The Morgan fingerprint density at radius 3 is 2.54 bits per heavy atom. The normalized spacial score (nSPS) is 15.6. The number of nitrogens with one attached hydrogen (secondary N) is 1. The van der Waals surface area contributed by atoms with Gasteiger partial charge in [0.15, 0.2) is 0 Å². The van der Waals surface area contributed by atoms with Crippen LogP contribution in [0.1, 0.15) is 28.8 Å². The molecule has 35 heavy (non-hydrogen) atoms. The number of carbonyl (C=O) groups is 2. The molecule has 1 aliphatic rings. The molecule has 1 aliphatic heterocycles. The van der Waals surface area contributed by atoms with Gasteiger partial charge in [-0.25, -0.2) is 4.98 Å². The first-order chi connectivity index (χ1) is 16.8. The summed E-state index contributed by atoms with van der Waals surface area (Å²) in [6.07, 6.45) is 0.181. The molecule has 1 saturated heterocycles. The zero-order valence-electron chi connectivity index (χ0n) is 20.2. The number of thiazole rings is 1. The largest absolute Gasteiger partial charge is 0.312 e. The Labute approximate surface area is 208 Å². The Hall–Kier alpha value is -3.78. The summed E-state index contributed by atoms with van der Waals surface area (Å²) in [6.45, 7) is 8.35. The molecule has 1 N–H and O–H groups in total. The molecule has 0 spiro atoms. The molecule has 2 aromatic heterocycles. The Bertz CT molecular complexity index is 1420. The number of carbonyl (C=O) groups excluding carboxylic acids is 2. The minimum Gasteiger partial charge on any atom is -0.312 e. The maximum Gasteiger partial charge on any atom is 0.230 e. The standard InChI is InChI=1S/C27H27N5O2S/c1-16-5-8-20(9-6-16)23-15-35-27(28-23)32-24(12-19(4)30-32)29-26(34)21-13-25(33)31(14-21)22-10-7-17(2)18(3)11-22/h5-12,15,21H,13-14H2,1-4H3,(H,29,34). The summed E-state index contributed by atoms with van der Waals surface area (Å²) in [5, 5.41) is 10.2. The molecule has 7 nitrogen and oxygen atoms in total. The second-order valence-corrected chi connectivity index (χ2v) is 9.96. The van der Waals surface area contributed by atoms with Crippen molar-refractivity contribution in [3.63, 3.8) is 0 Å². The van der Waals surface area contributed by atoms with Gasteiger partial charge in [0.2, 0.25) is 16.9 Å². The van der Waals surface area contributed by atoms with Crippen LogP contribution in [0.4, 0.5) is 11.5 Å². The summed E-state index contributed by atoms with van der Waals surface area (Å²) >= 11 is 1.46. The number of hydrogen-bond donors (Lipinski definition) is 1. The van der Waals surface area contributed by atoms with Gasteiger partial charge in [-0.2, -0.15) is 9.78 Å². The Kier molecular flexibility index (Phi) is 5.98. The van der Waals surface area contributed by atoms with Crippen molar-refractivity contribution < 1.29 is 9.59 Å². The molecule has 0 radical (unpaired) electrons. The van der Waals surface area contributed by atoms with Gasteiger partial charge in [-0.15, -0.1) is 11.3 Å². The van der Waals surface area contributed by atoms with Gasteiger partial charge >= 0.3 is 0 Å². The summed E-state index contributed by atoms with van der Waals surface area (Å²) in [4.78, 5) is 32.3. The molecule has 3 heterocycles. The fraction of sp³-hybridized carbons (Fsp3) is 0.259. The Balaban J connectivity index is 1.33. The van der Waals surface area contributed by atoms with Crippen LogP contribution in [0.5, 0.6) is 0 Å². The average Bonchev–Trinajstić information content (AvgIpc) is 3.55. The van der Waals surface area contributed by atoms with Crippen LogP contribution in [0, 0.1) is 33.6 Å². The van der Waals surface area contributed by atoms with Crippen molar-refractivity contribution in [3.8, 4) is 16.4 Å². The van der Waals surface area contributed by atoms with E-state index in [2.05, 4.69) is 29.5 Å². The van der Waals surface area contributed by atoms with Crippen LogP contribution in [0.15, 0.2) is 53.9 Å². The molecule has 2 amide bonds. The number of aromatic nitrogens is 3. The smallest absolute Gasteiger partial charge is 0.230 e. The van der Waals surface area contributed by atoms with Crippen molar-refractivity contribution in [2.24, 2.45) is 5.92 Å². The number of nitrogens with zero attached hydrogens (tertiary/aromatic N) is 4. The van der Waals surface area contributed by atoms with Crippen molar-refractivity contribution in [2.45, 2.75) is 34.1 Å². The van der Waals surface area contributed by atoms with E-state index in [-0.39, 0.29) is 18.2 Å². The summed E-state index contributed by atoms with van der Waals surface area (Å²) < 4.78 is 1.66. The lowest BCUT2D eigenvalue weighted by Crippen LogP contribution is -2.28. The lowest BCUT2D eigenvalue weighted by Gasteiger charge is -2.18. The van der Waals surface area contributed by atoms with Gasteiger partial charge in [0.25, 0.3) is 0 Å². The van der Waals surface area contributed by atoms with Crippen molar-refractivity contribution in [2.75, 3.05) is 16.8 Å². The summed E-state index contributed by atoms with van der Waals surface area (Å²) in [7, 11) is 0. The van der Waals surface area contributed by atoms with Crippen LogP contribution in [0.2, 0.25) is 0 Å². The van der Waals surface area contributed by atoms with E-state index in [1.54, 1.807) is 9.58 Å². The third-order valence-corrected chi connectivity index (χ3v) is 7.22. The van der Waals surface area contributed by atoms with Gasteiger partial charge in [-0.05, 0) is 51.0 Å². The minimum absolute atomic E-state index is 0.0410. The first kappa shape index (κ1) is 23.0. The zero-order valence-corrected chi connectivity index (χ0v) is 21.0. The third-order valence-electron chi connectivity index (χ3n) is 6.40. The summed E-state index contributed by atoms with van der Waals surface area (Å²) in [5.41, 5.74) is 6.98. The number of rotatable bonds is 5. The van der Waals surface area contributed by atoms with Gasteiger partial charge < -0.3 is 10.2 Å². The fourth-order valence-electron chi connectivity index (χ4n) is 4.21. The van der Waals surface area contributed by atoms with E-state index in [1.165, 1.54) is 22.5 Å². The maximum absolute atomic E-state index is 13.2. The predicted molar refractivity (Wildman–Crippen MR) is 139 cm³/mol. The molecule has 8 heteroatoms. The average molecular weight is 486 g/mol. The quantitative estimate of drug-likeness (QED) is 0.420. The Morgan fingerprint density at radius 2 is 1.80 bits per heavy atom. The van der Waals surface area contributed by atoms with E-state index in [4.69, 9.17) is 4.98 Å². The number of benzene rings is 2. The number of amides is 2. The van der Waals surface area contributed by atoms with Crippen LogP contribution in [0.25, 0.3) is 16.4 Å². The lowest BCUT2D eigenvalue weighted by atomic mass is 10.1. The highest BCUT2D eigenvalue weighted by Gasteiger charge is 2.35. The SMILES string of the molecule is Cc1ccc(-c2csc(-n3nc(C)cc3NC(=O)C3CC(=O)N(c4ccc(C)c(C)c4)C3)n2)cc1. The van der Waals surface area contributed by atoms with E-state index in [1.807, 2.05) is 62.5 Å². The molecule has 2 aromatic carbocycles. The first-order valence-electron chi connectivity index (χ1n) is 11.6. The van der Waals surface area contributed by atoms with Gasteiger partial charge in [0.1, 0.15) is 5.82 Å². The van der Waals surface area contributed by atoms with E-state index >= 15 is 0 Å². The molecule has 1 atom stereocenters. The number of anilines is 2. The first-order valence-corrected chi connectivity index (χ1v) is 12.4. The van der Waals surface area contributed by atoms with E-state index in [0.29, 0.717) is 17.5 Å². The summed E-state index contributed by atoms with van der Waals surface area (Å²) in [5.74, 6) is -0.122. The van der Waals surface area contributed by atoms with Crippen molar-refractivity contribution in [1.29, 1.82) is 0 Å². The molecular formula is C27H27N5O2S. The van der Waals surface area contributed by atoms with Crippen LogP contribution in [0.3, 0.4) is 0 Å². The van der Waals surface area contributed by atoms with Gasteiger partial charge in [-0.1, -0.05) is 35.9 Å². The highest BCUT2D eigenvalue weighted by atomic mass is 32.1. The predicted octanol–water partition coefficient (Wildman–Crippen LogP) is 5.22. The van der Waals surface area contributed by atoms with Gasteiger partial charge in [0, 0.05) is 35.7 Å². The maximum atomic E-state index is 13.2. The molecule has 1 unspecified atom stereocenters. The van der Waals surface area contributed by atoms with Gasteiger partial charge in [0.05, 0.1) is 17.3 Å². The molecule has 1 fully saturated rings. The lowest BCUT2D eigenvalue weighted by molar-refractivity contribution is -0.122. The number of hydrogen-bond acceptors (Lipinski definition) is 5. The molecule has 5 rings (SSSR count). The topological polar surface area (TPSA) is 80.1 Å². The van der Waals surface area contributed by atoms with Crippen LogP contribution < -0.4 is 10.2 Å².